The van der Waals surface area contributed by atoms with Crippen molar-refractivity contribution < 1.29 is 9.47 Å². The fraction of sp³-hybridized carbons (Fsp3) is 1.00. The molecule has 3 aliphatic rings. The monoisotopic (exact) mass is 282 g/mol. The van der Waals surface area contributed by atoms with Crippen molar-refractivity contribution >= 4 is 0 Å². The largest absolute Gasteiger partial charge is 0.381 e. The van der Waals surface area contributed by atoms with Crippen LogP contribution >= 0.6 is 0 Å². The molecule has 4 nitrogen and oxygen atoms in total. The third-order valence-corrected chi connectivity index (χ3v) is 5.58. The van der Waals surface area contributed by atoms with Crippen LogP contribution in [0.2, 0.25) is 0 Å². The molecule has 0 bridgehead atoms. The van der Waals surface area contributed by atoms with E-state index in [2.05, 4.69) is 24.2 Å². The molecule has 3 aliphatic heterocycles. The molecule has 0 saturated carbocycles. The Morgan fingerprint density at radius 1 is 1.10 bits per heavy atom. The van der Waals surface area contributed by atoms with Gasteiger partial charge in [-0.15, -0.1) is 0 Å². The highest BCUT2D eigenvalue weighted by molar-refractivity contribution is 4.93. The normalized spacial score (nSPS) is 39.0. The van der Waals surface area contributed by atoms with Crippen molar-refractivity contribution in [1.29, 1.82) is 0 Å². The maximum Gasteiger partial charge on any atom is 0.0741 e. The zero-order valence-electron chi connectivity index (χ0n) is 13.1. The number of piperidine rings is 1. The minimum atomic E-state index is 0.116. The summed E-state index contributed by atoms with van der Waals surface area (Å²) in [6, 6.07) is 2.04. The summed E-state index contributed by atoms with van der Waals surface area (Å²) in [6.45, 7) is 6.23. The Morgan fingerprint density at radius 2 is 1.90 bits per heavy atom. The van der Waals surface area contributed by atoms with Crippen LogP contribution in [0, 0.1) is 0 Å². The Balaban J connectivity index is 1.52. The van der Waals surface area contributed by atoms with Crippen molar-refractivity contribution in [1.82, 2.24) is 10.2 Å². The lowest BCUT2D eigenvalue weighted by atomic mass is 9.83. The number of nitrogens with one attached hydrogen (secondary N) is 1. The van der Waals surface area contributed by atoms with E-state index >= 15 is 0 Å². The molecule has 3 atom stereocenters. The average molecular weight is 282 g/mol. The quantitative estimate of drug-likeness (QED) is 0.837. The first-order chi connectivity index (χ1) is 9.67. The van der Waals surface area contributed by atoms with Crippen molar-refractivity contribution in [3.05, 3.63) is 0 Å². The summed E-state index contributed by atoms with van der Waals surface area (Å²) in [5, 5.41) is 3.93. The second kappa shape index (κ2) is 6.30. The summed E-state index contributed by atoms with van der Waals surface area (Å²) < 4.78 is 11.6. The minimum absolute atomic E-state index is 0.116. The van der Waals surface area contributed by atoms with Crippen LogP contribution in [-0.4, -0.2) is 62.0 Å². The molecule has 3 saturated heterocycles. The van der Waals surface area contributed by atoms with E-state index in [1.807, 2.05) is 0 Å². The molecule has 20 heavy (non-hydrogen) atoms. The molecule has 4 heteroatoms. The summed E-state index contributed by atoms with van der Waals surface area (Å²) in [5.74, 6) is 0. The van der Waals surface area contributed by atoms with Crippen LogP contribution in [0.4, 0.5) is 0 Å². The third-order valence-electron chi connectivity index (χ3n) is 5.58. The molecule has 1 N–H and O–H groups in total. The van der Waals surface area contributed by atoms with E-state index < -0.39 is 0 Å². The van der Waals surface area contributed by atoms with E-state index in [4.69, 9.17) is 9.47 Å². The number of ether oxygens (including phenoxy) is 2. The van der Waals surface area contributed by atoms with Gasteiger partial charge < -0.3 is 19.7 Å². The van der Waals surface area contributed by atoms with Crippen LogP contribution in [0.15, 0.2) is 0 Å². The first-order valence-corrected chi connectivity index (χ1v) is 8.35. The zero-order chi connectivity index (χ0) is 14.0. The molecule has 0 aromatic heterocycles. The Labute approximate surface area is 123 Å². The number of hydrogen-bond donors (Lipinski definition) is 1. The lowest BCUT2D eigenvalue weighted by molar-refractivity contribution is -0.141. The summed E-state index contributed by atoms with van der Waals surface area (Å²) in [7, 11) is 2.24. The topological polar surface area (TPSA) is 33.7 Å². The highest BCUT2D eigenvalue weighted by Gasteiger charge is 2.39. The predicted octanol–water partition coefficient (Wildman–Crippen LogP) is 1.79. The van der Waals surface area contributed by atoms with Crippen molar-refractivity contribution in [2.24, 2.45) is 0 Å². The van der Waals surface area contributed by atoms with Gasteiger partial charge in [0.05, 0.1) is 5.60 Å². The summed E-state index contributed by atoms with van der Waals surface area (Å²) in [5.41, 5.74) is 0.116. The first kappa shape index (κ1) is 14.8. The van der Waals surface area contributed by atoms with Crippen LogP contribution in [0.3, 0.4) is 0 Å². The second-order valence-electron chi connectivity index (χ2n) is 7.05. The Hall–Kier alpha value is -0.160. The lowest BCUT2D eigenvalue weighted by Gasteiger charge is -2.45. The summed E-state index contributed by atoms with van der Waals surface area (Å²) >= 11 is 0. The van der Waals surface area contributed by atoms with Gasteiger partial charge in [-0.05, 0) is 59.0 Å². The highest BCUT2D eigenvalue weighted by atomic mass is 16.5. The number of nitrogens with zero attached hydrogens (tertiary/aromatic N) is 1. The van der Waals surface area contributed by atoms with Gasteiger partial charge in [0.2, 0.25) is 0 Å². The molecule has 0 aromatic carbocycles. The molecule has 0 amide bonds. The Bertz CT molecular complexity index is 312. The molecule has 3 fully saturated rings. The first-order valence-electron chi connectivity index (χ1n) is 8.35. The van der Waals surface area contributed by atoms with Crippen LogP contribution in [-0.2, 0) is 9.47 Å². The average Bonchev–Trinajstić information content (AvgIpc) is 2.44. The van der Waals surface area contributed by atoms with Crippen LogP contribution in [0.1, 0.15) is 45.4 Å². The maximum atomic E-state index is 6.14. The van der Waals surface area contributed by atoms with E-state index in [0.29, 0.717) is 18.1 Å². The summed E-state index contributed by atoms with van der Waals surface area (Å²) in [6.07, 6.45) is 7.07. The van der Waals surface area contributed by atoms with Crippen LogP contribution in [0.25, 0.3) is 0 Å². The van der Waals surface area contributed by atoms with E-state index in [9.17, 15) is 0 Å². The van der Waals surface area contributed by atoms with Gasteiger partial charge in [-0.2, -0.15) is 0 Å². The Kier molecular flexibility index (Phi) is 4.65. The van der Waals surface area contributed by atoms with E-state index in [1.165, 1.54) is 32.2 Å². The second-order valence-corrected chi connectivity index (χ2v) is 7.05. The fourth-order valence-electron chi connectivity index (χ4n) is 4.04. The summed E-state index contributed by atoms with van der Waals surface area (Å²) in [4.78, 5) is 2.47. The van der Waals surface area contributed by atoms with Gasteiger partial charge in [0.15, 0.2) is 0 Å². The van der Waals surface area contributed by atoms with E-state index in [-0.39, 0.29) is 5.60 Å². The third kappa shape index (κ3) is 3.35. The van der Waals surface area contributed by atoms with Crippen LogP contribution in [0.5, 0.6) is 0 Å². The predicted molar refractivity (Wildman–Crippen MR) is 80.0 cm³/mol. The zero-order valence-corrected chi connectivity index (χ0v) is 13.1. The van der Waals surface area contributed by atoms with Crippen molar-refractivity contribution in [3.63, 3.8) is 0 Å². The molecule has 0 radical (unpaired) electrons. The fourth-order valence-corrected chi connectivity index (χ4v) is 4.04. The number of hydrogen-bond acceptors (Lipinski definition) is 4. The molecule has 3 rings (SSSR count). The minimum Gasteiger partial charge on any atom is -0.381 e. The van der Waals surface area contributed by atoms with Gasteiger partial charge in [-0.3, -0.25) is 0 Å². The molecular weight excluding hydrogens is 252 g/mol. The van der Waals surface area contributed by atoms with Gasteiger partial charge in [0.1, 0.15) is 0 Å². The van der Waals surface area contributed by atoms with Crippen molar-refractivity contribution in [2.45, 2.75) is 69.2 Å². The van der Waals surface area contributed by atoms with Gasteiger partial charge in [0.25, 0.3) is 0 Å². The maximum absolute atomic E-state index is 6.14. The molecule has 0 aromatic rings. The van der Waals surface area contributed by atoms with Crippen molar-refractivity contribution in [3.8, 4) is 0 Å². The number of rotatable bonds is 2. The van der Waals surface area contributed by atoms with E-state index in [1.54, 1.807) is 0 Å². The van der Waals surface area contributed by atoms with Gasteiger partial charge in [0, 0.05) is 37.9 Å². The molecule has 116 valence electrons. The van der Waals surface area contributed by atoms with Crippen LogP contribution < -0.4 is 5.32 Å². The number of likely N-dealkylation sites (tertiary alicyclic amines) is 1. The standard InChI is InChI=1S/C16H30N2O2/c1-13-11-14(3-7-18(13)2)17-15-4-8-20-16(12-15)5-9-19-10-6-16/h13-15,17H,3-12H2,1-2H3. The highest BCUT2D eigenvalue weighted by Crippen LogP contribution is 2.34. The molecule has 1 spiro atoms. The van der Waals surface area contributed by atoms with Gasteiger partial charge in [-0.25, -0.2) is 0 Å². The molecule has 0 aliphatic carbocycles. The smallest absolute Gasteiger partial charge is 0.0741 e. The SMILES string of the molecule is CC1CC(NC2CCOC3(CCOCC3)C2)CCN1C. The molecule has 3 unspecified atom stereocenters. The lowest BCUT2D eigenvalue weighted by Crippen LogP contribution is -2.54. The van der Waals surface area contributed by atoms with E-state index in [0.717, 1.165) is 32.7 Å². The Morgan fingerprint density at radius 3 is 2.65 bits per heavy atom. The van der Waals surface area contributed by atoms with Gasteiger partial charge >= 0.3 is 0 Å². The van der Waals surface area contributed by atoms with Crippen molar-refractivity contribution in [2.75, 3.05) is 33.4 Å². The molecule has 3 heterocycles. The molecular formula is C16H30N2O2. The van der Waals surface area contributed by atoms with Gasteiger partial charge in [-0.1, -0.05) is 0 Å².